The Balaban J connectivity index is 1.78. The number of carbonyl (C=O) groups excluding carboxylic acids is 1. The highest BCUT2D eigenvalue weighted by atomic mass is 32.2. The number of benzene rings is 2. The van der Waals surface area contributed by atoms with E-state index in [9.17, 15) is 13.2 Å². The topological polar surface area (TPSA) is 91.4 Å². The first-order valence-electron chi connectivity index (χ1n) is 9.59. The summed E-state index contributed by atoms with van der Waals surface area (Å²) in [5.74, 6) is 0.228. The van der Waals surface area contributed by atoms with Crippen molar-refractivity contribution in [3.8, 4) is 28.3 Å². The van der Waals surface area contributed by atoms with Crippen molar-refractivity contribution in [2.75, 3.05) is 12.9 Å². The second-order valence-electron chi connectivity index (χ2n) is 6.87. The largest absolute Gasteiger partial charge is 0.464 e. The first-order chi connectivity index (χ1) is 14.9. The van der Waals surface area contributed by atoms with Gasteiger partial charge in [-0.25, -0.2) is 17.9 Å². The second kappa shape index (κ2) is 8.23. The van der Waals surface area contributed by atoms with Gasteiger partial charge in [0, 0.05) is 17.4 Å². The molecule has 2 aromatic carbocycles. The molecule has 158 valence electrons. The standard InChI is InChI=1S/C23H20N2O5S/c1-3-29-23(26)20-15-21(16-6-8-17(9-7-16)22-5-4-14-30-22)25(24-20)18-10-12-19(13-11-18)31(2,27)28/h4-15H,3H2,1-2H3. The number of aromatic nitrogens is 2. The van der Waals surface area contributed by atoms with Crippen LogP contribution >= 0.6 is 0 Å². The third-order valence-corrected chi connectivity index (χ3v) is 5.82. The number of hydrogen-bond acceptors (Lipinski definition) is 6. The second-order valence-corrected chi connectivity index (χ2v) is 8.88. The average molecular weight is 436 g/mol. The summed E-state index contributed by atoms with van der Waals surface area (Å²) in [5.41, 5.74) is 3.20. The van der Waals surface area contributed by atoms with Crippen molar-refractivity contribution >= 4 is 15.8 Å². The first kappa shape index (κ1) is 20.6. The number of nitrogens with zero attached hydrogens (tertiary/aromatic N) is 2. The van der Waals surface area contributed by atoms with Crippen LogP contribution in [0.15, 0.2) is 82.3 Å². The van der Waals surface area contributed by atoms with Crippen molar-refractivity contribution < 1.29 is 22.4 Å². The summed E-state index contributed by atoms with van der Waals surface area (Å²) in [4.78, 5) is 12.5. The molecule has 0 aliphatic heterocycles. The quantitative estimate of drug-likeness (QED) is 0.417. The van der Waals surface area contributed by atoms with E-state index in [0.717, 1.165) is 23.1 Å². The van der Waals surface area contributed by atoms with Crippen molar-refractivity contribution in [3.63, 3.8) is 0 Å². The zero-order chi connectivity index (χ0) is 22.0. The normalized spacial score (nSPS) is 11.4. The predicted octanol–water partition coefficient (Wildman–Crippen LogP) is 4.38. The Labute approximate surface area is 179 Å². The van der Waals surface area contributed by atoms with Gasteiger partial charge in [0.1, 0.15) is 5.76 Å². The Kier molecular flexibility index (Phi) is 5.48. The Hall–Kier alpha value is -3.65. The van der Waals surface area contributed by atoms with Crippen LogP contribution in [0, 0.1) is 0 Å². The van der Waals surface area contributed by atoms with Crippen LogP contribution in [0.5, 0.6) is 0 Å². The molecule has 0 fully saturated rings. The molecule has 2 heterocycles. The lowest BCUT2D eigenvalue weighted by molar-refractivity contribution is 0.0519. The molecule has 0 aliphatic rings. The van der Waals surface area contributed by atoms with E-state index in [4.69, 9.17) is 9.15 Å². The maximum absolute atomic E-state index is 12.3. The fourth-order valence-corrected chi connectivity index (χ4v) is 3.80. The molecular weight excluding hydrogens is 416 g/mol. The van der Waals surface area contributed by atoms with E-state index >= 15 is 0 Å². The van der Waals surface area contributed by atoms with E-state index < -0.39 is 15.8 Å². The van der Waals surface area contributed by atoms with Crippen molar-refractivity contribution in [2.24, 2.45) is 0 Å². The van der Waals surface area contributed by atoms with Gasteiger partial charge in [-0.3, -0.25) is 0 Å². The molecule has 0 atom stereocenters. The molecule has 4 aromatic rings. The van der Waals surface area contributed by atoms with Crippen LogP contribution in [0.1, 0.15) is 17.4 Å². The van der Waals surface area contributed by atoms with Gasteiger partial charge in [0.25, 0.3) is 0 Å². The summed E-state index contributed by atoms with van der Waals surface area (Å²) in [6, 6.07) is 19.3. The zero-order valence-corrected chi connectivity index (χ0v) is 17.8. The molecule has 0 bridgehead atoms. The number of hydrogen-bond donors (Lipinski definition) is 0. The minimum absolute atomic E-state index is 0.166. The minimum atomic E-state index is -3.32. The van der Waals surface area contributed by atoms with Crippen LogP contribution in [-0.2, 0) is 14.6 Å². The fourth-order valence-electron chi connectivity index (χ4n) is 3.17. The van der Waals surface area contributed by atoms with Gasteiger partial charge in [-0.2, -0.15) is 5.10 Å². The van der Waals surface area contributed by atoms with E-state index in [-0.39, 0.29) is 17.2 Å². The Bertz CT molecular complexity index is 1300. The summed E-state index contributed by atoms with van der Waals surface area (Å²) in [6.07, 6.45) is 2.77. The third-order valence-electron chi connectivity index (χ3n) is 4.69. The number of rotatable bonds is 6. The highest BCUT2D eigenvalue weighted by Crippen LogP contribution is 2.28. The average Bonchev–Trinajstić information content (AvgIpc) is 3.44. The summed E-state index contributed by atoms with van der Waals surface area (Å²) < 4.78 is 35.7. The smallest absolute Gasteiger partial charge is 0.358 e. The lowest BCUT2D eigenvalue weighted by atomic mass is 10.1. The molecule has 7 nitrogen and oxygen atoms in total. The van der Waals surface area contributed by atoms with Crippen LogP contribution < -0.4 is 0 Å². The molecule has 0 unspecified atom stereocenters. The molecule has 0 N–H and O–H groups in total. The van der Waals surface area contributed by atoms with E-state index in [1.807, 2.05) is 36.4 Å². The third kappa shape index (κ3) is 4.29. The zero-order valence-electron chi connectivity index (χ0n) is 17.0. The van der Waals surface area contributed by atoms with Crippen LogP contribution in [-0.4, -0.2) is 37.0 Å². The van der Waals surface area contributed by atoms with Crippen LogP contribution in [0.25, 0.3) is 28.3 Å². The van der Waals surface area contributed by atoms with Gasteiger partial charge in [-0.15, -0.1) is 0 Å². The van der Waals surface area contributed by atoms with E-state index in [0.29, 0.717) is 11.4 Å². The van der Waals surface area contributed by atoms with E-state index in [2.05, 4.69) is 5.10 Å². The Morgan fingerprint density at radius 3 is 2.29 bits per heavy atom. The van der Waals surface area contributed by atoms with Crippen LogP contribution in [0.3, 0.4) is 0 Å². The Morgan fingerprint density at radius 1 is 1.03 bits per heavy atom. The molecule has 8 heteroatoms. The number of ether oxygens (including phenoxy) is 1. The summed E-state index contributed by atoms with van der Waals surface area (Å²) in [7, 11) is -3.32. The molecule has 0 amide bonds. The molecular formula is C23H20N2O5S. The van der Waals surface area contributed by atoms with Gasteiger partial charge in [0.15, 0.2) is 15.5 Å². The number of furan rings is 1. The van der Waals surface area contributed by atoms with Crippen molar-refractivity contribution in [3.05, 3.63) is 78.7 Å². The molecule has 0 saturated heterocycles. The van der Waals surface area contributed by atoms with Crippen molar-refractivity contribution in [1.29, 1.82) is 0 Å². The highest BCUT2D eigenvalue weighted by molar-refractivity contribution is 7.90. The molecule has 2 aromatic heterocycles. The van der Waals surface area contributed by atoms with Gasteiger partial charge in [-0.05, 0) is 49.4 Å². The summed E-state index contributed by atoms with van der Waals surface area (Å²) in [6.45, 7) is 1.97. The Morgan fingerprint density at radius 2 is 1.71 bits per heavy atom. The van der Waals surface area contributed by atoms with E-state index in [1.165, 1.54) is 12.1 Å². The van der Waals surface area contributed by atoms with Crippen molar-refractivity contribution in [2.45, 2.75) is 11.8 Å². The first-order valence-corrected chi connectivity index (χ1v) is 11.5. The van der Waals surface area contributed by atoms with Crippen molar-refractivity contribution in [1.82, 2.24) is 9.78 Å². The molecule has 0 aliphatic carbocycles. The molecule has 31 heavy (non-hydrogen) atoms. The maximum Gasteiger partial charge on any atom is 0.358 e. The van der Waals surface area contributed by atoms with Gasteiger partial charge in [0.05, 0.1) is 29.1 Å². The van der Waals surface area contributed by atoms with Gasteiger partial charge >= 0.3 is 5.97 Å². The summed E-state index contributed by atoms with van der Waals surface area (Å²) >= 11 is 0. The predicted molar refractivity (Wildman–Crippen MR) is 116 cm³/mol. The molecule has 4 rings (SSSR count). The SMILES string of the molecule is CCOC(=O)c1cc(-c2ccc(-c3ccco3)cc2)n(-c2ccc(S(C)(=O)=O)cc2)n1. The molecule has 0 saturated carbocycles. The number of carbonyl (C=O) groups is 1. The van der Waals surface area contributed by atoms with Gasteiger partial charge < -0.3 is 9.15 Å². The maximum atomic E-state index is 12.3. The summed E-state index contributed by atoms with van der Waals surface area (Å²) in [5, 5.41) is 4.41. The monoisotopic (exact) mass is 436 g/mol. The van der Waals surface area contributed by atoms with Crippen LogP contribution in [0.4, 0.5) is 0 Å². The van der Waals surface area contributed by atoms with Crippen LogP contribution in [0.2, 0.25) is 0 Å². The van der Waals surface area contributed by atoms with Gasteiger partial charge in [-0.1, -0.05) is 24.3 Å². The molecule has 0 radical (unpaired) electrons. The number of sulfone groups is 1. The van der Waals surface area contributed by atoms with Gasteiger partial charge in [0.2, 0.25) is 0 Å². The lowest BCUT2D eigenvalue weighted by Crippen LogP contribution is -2.07. The highest BCUT2D eigenvalue weighted by Gasteiger charge is 2.18. The minimum Gasteiger partial charge on any atom is -0.464 e. The molecule has 0 spiro atoms. The number of esters is 1. The lowest BCUT2D eigenvalue weighted by Gasteiger charge is -2.09. The fraction of sp³-hybridized carbons (Fsp3) is 0.130. The van der Waals surface area contributed by atoms with E-state index in [1.54, 1.807) is 36.1 Å².